The van der Waals surface area contributed by atoms with Gasteiger partial charge in [-0.3, -0.25) is 4.79 Å². The molecule has 3 aromatic rings. The van der Waals surface area contributed by atoms with Crippen molar-refractivity contribution in [3.05, 3.63) is 54.6 Å². The number of carbonyl (C=O) groups is 1. The zero-order valence-corrected chi connectivity index (χ0v) is 13.0. The molecule has 0 saturated carbocycles. The van der Waals surface area contributed by atoms with Gasteiger partial charge in [-0.15, -0.1) is 5.10 Å². The van der Waals surface area contributed by atoms with Crippen LogP contribution in [0, 0.1) is 0 Å². The van der Waals surface area contributed by atoms with Crippen LogP contribution in [-0.4, -0.2) is 26.8 Å². The fourth-order valence-corrected chi connectivity index (χ4v) is 2.63. The lowest BCUT2D eigenvalue weighted by Gasteiger charge is -2.06. The number of hydrogen-bond donors (Lipinski definition) is 3. The maximum absolute atomic E-state index is 11.9. The zero-order chi connectivity index (χ0) is 16.1. The Morgan fingerprint density at radius 2 is 1.78 bits per heavy atom. The van der Waals surface area contributed by atoms with E-state index in [1.54, 1.807) is 0 Å². The molecule has 1 aromatic heterocycles. The van der Waals surface area contributed by atoms with Gasteiger partial charge in [0, 0.05) is 5.69 Å². The molecule has 0 aliphatic rings. The average molecular weight is 325 g/mol. The number of amides is 1. The molecule has 0 spiro atoms. The maximum Gasteiger partial charge on any atom is 0.234 e. The fourth-order valence-electron chi connectivity index (χ4n) is 2.03. The predicted octanol–water partition coefficient (Wildman–Crippen LogP) is 2.78. The monoisotopic (exact) mass is 325 g/mol. The van der Waals surface area contributed by atoms with Gasteiger partial charge in [0.2, 0.25) is 17.0 Å². The molecule has 0 bridgehead atoms. The molecule has 7 heteroatoms. The van der Waals surface area contributed by atoms with Crippen LogP contribution in [0.1, 0.15) is 0 Å². The summed E-state index contributed by atoms with van der Waals surface area (Å²) in [7, 11) is 0. The quantitative estimate of drug-likeness (QED) is 0.627. The summed E-state index contributed by atoms with van der Waals surface area (Å²) >= 11 is 1.22. The Balaban J connectivity index is 1.56. The van der Waals surface area contributed by atoms with Crippen LogP contribution in [0.5, 0.6) is 0 Å². The molecule has 0 aliphatic heterocycles. The number of rotatable bonds is 5. The normalized spacial score (nSPS) is 10.4. The summed E-state index contributed by atoms with van der Waals surface area (Å²) in [5, 5.41) is 9.69. The van der Waals surface area contributed by atoms with Crippen molar-refractivity contribution < 1.29 is 4.79 Å². The van der Waals surface area contributed by atoms with E-state index in [9.17, 15) is 4.79 Å². The first kappa shape index (κ1) is 15.1. The summed E-state index contributed by atoms with van der Waals surface area (Å²) in [5.41, 5.74) is 8.43. The lowest BCUT2D eigenvalue weighted by Crippen LogP contribution is -2.14. The highest BCUT2D eigenvalue weighted by Crippen LogP contribution is 2.21. The third-order valence-corrected chi connectivity index (χ3v) is 3.94. The van der Waals surface area contributed by atoms with Crippen molar-refractivity contribution in [3.63, 3.8) is 0 Å². The van der Waals surface area contributed by atoms with Crippen LogP contribution in [0.15, 0.2) is 59.8 Å². The first-order valence-corrected chi connectivity index (χ1v) is 7.95. The molecular formula is C16H15N5OS. The second-order valence-corrected chi connectivity index (χ2v) is 5.73. The Kier molecular flexibility index (Phi) is 4.58. The van der Waals surface area contributed by atoms with Gasteiger partial charge in [-0.05, 0) is 23.3 Å². The Bertz CT molecular complexity index is 786. The second-order valence-electron chi connectivity index (χ2n) is 4.78. The number of aromatic nitrogens is 3. The number of nitrogens with zero attached hydrogens (tertiary/aromatic N) is 2. The van der Waals surface area contributed by atoms with Crippen LogP contribution in [0.2, 0.25) is 0 Å². The number of thioether (sulfide) groups is 1. The highest BCUT2D eigenvalue weighted by Gasteiger charge is 2.07. The summed E-state index contributed by atoms with van der Waals surface area (Å²) in [6.45, 7) is 0. The van der Waals surface area contributed by atoms with Crippen LogP contribution in [0.4, 0.5) is 11.6 Å². The minimum absolute atomic E-state index is 0.120. The molecule has 0 saturated heterocycles. The lowest BCUT2D eigenvalue weighted by molar-refractivity contribution is -0.113. The van der Waals surface area contributed by atoms with E-state index in [2.05, 4.69) is 20.5 Å². The number of nitrogens with one attached hydrogen (secondary N) is 2. The van der Waals surface area contributed by atoms with Crippen molar-refractivity contribution in [1.29, 1.82) is 0 Å². The van der Waals surface area contributed by atoms with Gasteiger partial charge in [0.05, 0.1) is 5.75 Å². The predicted molar refractivity (Wildman–Crippen MR) is 92.0 cm³/mol. The van der Waals surface area contributed by atoms with Crippen molar-refractivity contribution >= 4 is 29.3 Å². The first-order chi connectivity index (χ1) is 11.2. The van der Waals surface area contributed by atoms with E-state index >= 15 is 0 Å². The van der Waals surface area contributed by atoms with Crippen molar-refractivity contribution in [3.8, 4) is 11.1 Å². The minimum Gasteiger partial charge on any atom is -0.368 e. The van der Waals surface area contributed by atoms with Crippen LogP contribution in [-0.2, 0) is 4.79 Å². The van der Waals surface area contributed by atoms with Gasteiger partial charge in [0.25, 0.3) is 0 Å². The van der Waals surface area contributed by atoms with E-state index in [-0.39, 0.29) is 17.6 Å². The maximum atomic E-state index is 11.9. The lowest BCUT2D eigenvalue weighted by atomic mass is 10.1. The Hall–Kier alpha value is -2.80. The molecule has 4 N–H and O–H groups in total. The highest BCUT2D eigenvalue weighted by molar-refractivity contribution is 7.99. The van der Waals surface area contributed by atoms with E-state index < -0.39 is 0 Å². The number of benzene rings is 2. The zero-order valence-electron chi connectivity index (χ0n) is 12.2. The van der Waals surface area contributed by atoms with Crippen LogP contribution in [0.3, 0.4) is 0 Å². The molecule has 1 amide bonds. The van der Waals surface area contributed by atoms with Gasteiger partial charge in [-0.2, -0.15) is 4.98 Å². The highest BCUT2D eigenvalue weighted by atomic mass is 32.2. The second kappa shape index (κ2) is 6.97. The molecule has 23 heavy (non-hydrogen) atoms. The van der Waals surface area contributed by atoms with E-state index in [4.69, 9.17) is 5.73 Å². The Morgan fingerprint density at radius 1 is 1.09 bits per heavy atom. The van der Waals surface area contributed by atoms with Crippen LogP contribution >= 0.6 is 11.8 Å². The number of nitrogen functional groups attached to an aromatic ring is 1. The van der Waals surface area contributed by atoms with E-state index in [0.717, 1.165) is 16.8 Å². The van der Waals surface area contributed by atoms with Crippen molar-refractivity contribution in [2.75, 3.05) is 16.8 Å². The van der Waals surface area contributed by atoms with E-state index in [1.165, 1.54) is 11.8 Å². The Labute approximate surface area is 137 Å². The van der Waals surface area contributed by atoms with Crippen molar-refractivity contribution in [2.45, 2.75) is 5.16 Å². The summed E-state index contributed by atoms with van der Waals surface area (Å²) in [6, 6.07) is 17.8. The molecule has 3 rings (SSSR count). The van der Waals surface area contributed by atoms with Crippen LogP contribution in [0.25, 0.3) is 11.1 Å². The third-order valence-electron chi connectivity index (χ3n) is 3.09. The topological polar surface area (TPSA) is 96.7 Å². The molecule has 116 valence electrons. The molecule has 6 nitrogen and oxygen atoms in total. The number of carbonyl (C=O) groups excluding carboxylic acids is 1. The van der Waals surface area contributed by atoms with Crippen LogP contribution < -0.4 is 11.1 Å². The molecule has 0 atom stereocenters. The molecule has 0 fully saturated rings. The van der Waals surface area contributed by atoms with E-state index in [1.807, 2.05) is 54.6 Å². The first-order valence-electron chi connectivity index (χ1n) is 6.97. The van der Waals surface area contributed by atoms with Gasteiger partial charge in [0.15, 0.2) is 0 Å². The summed E-state index contributed by atoms with van der Waals surface area (Å²) < 4.78 is 0. The number of H-pyrrole nitrogens is 1. The van der Waals surface area contributed by atoms with Gasteiger partial charge < -0.3 is 11.1 Å². The SMILES string of the molecule is Nc1nc(SCC(=O)Nc2ccc(-c3ccccc3)cc2)n[nH]1. The largest absolute Gasteiger partial charge is 0.368 e. The summed E-state index contributed by atoms with van der Waals surface area (Å²) in [5.74, 6) is 0.341. The smallest absolute Gasteiger partial charge is 0.234 e. The summed E-state index contributed by atoms with van der Waals surface area (Å²) in [6.07, 6.45) is 0. The van der Waals surface area contributed by atoms with Gasteiger partial charge in [0.1, 0.15) is 0 Å². The Morgan fingerprint density at radius 3 is 2.43 bits per heavy atom. The number of anilines is 2. The average Bonchev–Trinajstić information content (AvgIpc) is 3.00. The number of nitrogens with two attached hydrogens (primary N) is 1. The molecule has 1 heterocycles. The van der Waals surface area contributed by atoms with Gasteiger partial charge in [-0.25, -0.2) is 5.10 Å². The molecule has 0 aliphatic carbocycles. The number of hydrogen-bond acceptors (Lipinski definition) is 5. The van der Waals surface area contributed by atoms with Gasteiger partial charge >= 0.3 is 0 Å². The molecular weight excluding hydrogens is 310 g/mol. The number of aromatic amines is 1. The molecule has 2 aromatic carbocycles. The standard InChI is InChI=1S/C16H15N5OS/c17-15-19-16(21-20-15)23-10-14(22)18-13-8-6-12(7-9-13)11-4-2-1-3-5-11/h1-9H,10H2,(H,18,22)(H3,17,19,20,21). The van der Waals surface area contributed by atoms with Gasteiger partial charge in [-0.1, -0.05) is 54.2 Å². The third kappa shape index (κ3) is 4.10. The molecule has 0 unspecified atom stereocenters. The minimum atomic E-state index is -0.120. The van der Waals surface area contributed by atoms with Crippen molar-refractivity contribution in [2.24, 2.45) is 0 Å². The van der Waals surface area contributed by atoms with Crippen molar-refractivity contribution in [1.82, 2.24) is 15.2 Å². The fraction of sp³-hybridized carbons (Fsp3) is 0.0625. The molecule has 0 radical (unpaired) electrons. The summed E-state index contributed by atoms with van der Waals surface area (Å²) in [4.78, 5) is 15.8. The van der Waals surface area contributed by atoms with E-state index in [0.29, 0.717) is 5.16 Å².